The molecular weight excluding hydrogens is 380 g/mol. The maximum absolute atomic E-state index is 12.9. The van der Waals surface area contributed by atoms with E-state index in [-0.39, 0.29) is 33.8 Å². The monoisotopic (exact) mass is 404 g/mol. The van der Waals surface area contributed by atoms with Crippen LogP contribution in [0.25, 0.3) is 22.1 Å². The van der Waals surface area contributed by atoms with Gasteiger partial charge in [0.25, 0.3) is 0 Å². The maximum atomic E-state index is 12.9. The van der Waals surface area contributed by atoms with Crippen LogP contribution in [-0.2, 0) is 6.42 Å². The van der Waals surface area contributed by atoms with Crippen LogP contribution in [0.5, 0.6) is 17.2 Å². The Hall–Kier alpha value is -3.73. The Kier molecular flexibility index (Phi) is 6.11. The summed E-state index contributed by atoms with van der Waals surface area (Å²) in [5, 5.41) is 29.9. The van der Waals surface area contributed by atoms with Crippen molar-refractivity contribution in [2.75, 3.05) is 0 Å². The minimum atomic E-state index is -0.415. The van der Waals surface area contributed by atoms with Crippen molar-refractivity contribution in [2.24, 2.45) is 0 Å². The third-order valence-electron chi connectivity index (χ3n) is 4.66. The molecule has 0 unspecified atom stereocenters. The molecule has 5 heteroatoms. The van der Waals surface area contributed by atoms with Gasteiger partial charge in [-0.1, -0.05) is 41.5 Å². The Labute approximate surface area is 174 Å². The summed E-state index contributed by atoms with van der Waals surface area (Å²) in [6.07, 6.45) is 9.76. The summed E-state index contributed by atoms with van der Waals surface area (Å²) in [6.45, 7) is 6.03. The van der Waals surface area contributed by atoms with Gasteiger partial charge in [-0.05, 0) is 50.5 Å². The fourth-order valence-electron chi connectivity index (χ4n) is 3.07. The molecule has 0 bridgehead atoms. The Balaban J connectivity index is 1.98. The number of aromatic hydroxyl groups is 3. The fourth-order valence-corrected chi connectivity index (χ4v) is 3.07. The Bertz CT molecular complexity index is 1240. The van der Waals surface area contributed by atoms with Gasteiger partial charge < -0.3 is 19.7 Å². The predicted octanol–water partition coefficient (Wildman–Crippen LogP) is 5.59. The quantitative estimate of drug-likeness (QED) is 0.482. The van der Waals surface area contributed by atoms with Gasteiger partial charge in [0.2, 0.25) is 5.43 Å². The second kappa shape index (κ2) is 8.74. The van der Waals surface area contributed by atoms with E-state index >= 15 is 0 Å². The summed E-state index contributed by atoms with van der Waals surface area (Å²) >= 11 is 0. The van der Waals surface area contributed by atoms with Crippen molar-refractivity contribution in [1.82, 2.24) is 0 Å². The molecule has 2 aromatic carbocycles. The van der Waals surface area contributed by atoms with Crippen LogP contribution in [0.3, 0.4) is 0 Å². The largest absolute Gasteiger partial charge is 0.508 e. The van der Waals surface area contributed by atoms with E-state index < -0.39 is 5.43 Å². The standard InChI is InChI=1S/C25H24O5/c1-15(2)5-4-6-16(3)7-8-18-11-17(9-10-21(18)27)20-14-30-23-13-19(26)12-22(28)24(23)25(20)29/h4-7,9-14,26-28H,8H2,1-3H3/b6-4+,16-7+. The zero-order valence-electron chi connectivity index (χ0n) is 17.1. The number of phenols is 3. The number of phenolic OH excluding ortho intramolecular Hbond substituents is 3. The number of allylic oxidation sites excluding steroid dienone is 6. The van der Waals surface area contributed by atoms with E-state index in [9.17, 15) is 20.1 Å². The minimum Gasteiger partial charge on any atom is -0.508 e. The first-order valence-corrected chi connectivity index (χ1v) is 9.54. The van der Waals surface area contributed by atoms with Crippen LogP contribution in [0, 0.1) is 0 Å². The summed E-state index contributed by atoms with van der Waals surface area (Å²) in [7, 11) is 0. The average molecular weight is 404 g/mol. The van der Waals surface area contributed by atoms with Gasteiger partial charge >= 0.3 is 0 Å². The van der Waals surface area contributed by atoms with Gasteiger partial charge in [-0.15, -0.1) is 0 Å². The lowest BCUT2D eigenvalue weighted by atomic mass is 10.00. The van der Waals surface area contributed by atoms with Crippen molar-refractivity contribution < 1.29 is 19.7 Å². The molecule has 0 fully saturated rings. The van der Waals surface area contributed by atoms with Gasteiger partial charge in [0, 0.05) is 12.1 Å². The first-order valence-electron chi connectivity index (χ1n) is 9.54. The van der Waals surface area contributed by atoms with Crippen LogP contribution in [0.15, 0.2) is 81.3 Å². The minimum absolute atomic E-state index is 0.0000693. The normalized spacial score (nSPS) is 11.9. The molecule has 0 amide bonds. The average Bonchev–Trinajstić information content (AvgIpc) is 2.67. The van der Waals surface area contributed by atoms with Crippen molar-refractivity contribution in [2.45, 2.75) is 27.2 Å². The molecule has 1 heterocycles. The van der Waals surface area contributed by atoms with E-state index in [0.717, 1.165) is 11.6 Å². The van der Waals surface area contributed by atoms with Gasteiger partial charge in [-0.2, -0.15) is 0 Å². The van der Waals surface area contributed by atoms with Crippen LogP contribution < -0.4 is 5.43 Å². The maximum Gasteiger partial charge on any atom is 0.204 e. The predicted molar refractivity (Wildman–Crippen MR) is 119 cm³/mol. The zero-order valence-corrected chi connectivity index (χ0v) is 17.1. The summed E-state index contributed by atoms with van der Waals surface area (Å²) in [5.74, 6) is -0.404. The first kappa shape index (κ1) is 21.0. The number of rotatable bonds is 5. The van der Waals surface area contributed by atoms with Gasteiger partial charge in [0.05, 0.1) is 5.56 Å². The lowest BCUT2D eigenvalue weighted by Crippen LogP contribution is -2.05. The molecule has 0 radical (unpaired) electrons. The zero-order chi connectivity index (χ0) is 21.8. The van der Waals surface area contributed by atoms with Crippen molar-refractivity contribution in [3.8, 4) is 28.4 Å². The van der Waals surface area contributed by atoms with Crippen molar-refractivity contribution in [3.05, 3.63) is 87.8 Å². The van der Waals surface area contributed by atoms with E-state index in [4.69, 9.17) is 4.42 Å². The van der Waals surface area contributed by atoms with E-state index in [1.807, 2.05) is 45.1 Å². The van der Waals surface area contributed by atoms with Crippen LogP contribution >= 0.6 is 0 Å². The molecule has 30 heavy (non-hydrogen) atoms. The lowest BCUT2D eigenvalue weighted by molar-refractivity contribution is 0.452. The highest BCUT2D eigenvalue weighted by Gasteiger charge is 2.15. The highest BCUT2D eigenvalue weighted by molar-refractivity contribution is 5.88. The summed E-state index contributed by atoms with van der Waals surface area (Å²) < 4.78 is 5.46. The highest BCUT2D eigenvalue weighted by Crippen LogP contribution is 2.31. The third-order valence-corrected chi connectivity index (χ3v) is 4.66. The third kappa shape index (κ3) is 4.63. The Morgan fingerprint density at radius 2 is 1.80 bits per heavy atom. The molecule has 0 aliphatic rings. The van der Waals surface area contributed by atoms with E-state index in [1.165, 1.54) is 24.0 Å². The van der Waals surface area contributed by atoms with Crippen LogP contribution in [0.1, 0.15) is 26.3 Å². The molecule has 0 aliphatic carbocycles. The van der Waals surface area contributed by atoms with E-state index in [2.05, 4.69) is 0 Å². The molecule has 1 aromatic heterocycles. The molecule has 0 saturated carbocycles. The van der Waals surface area contributed by atoms with Crippen LogP contribution in [0.4, 0.5) is 0 Å². The molecule has 3 N–H and O–H groups in total. The lowest BCUT2D eigenvalue weighted by Gasteiger charge is -2.08. The molecular formula is C25H24O5. The molecule has 5 nitrogen and oxygen atoms in total. The molecule has 0 aliphatic heterocycles. The van der Waals surface area contributed by atoms with E-state index in [0.29, 0.717) is 17.5 Å². The van der Waals surface area contributed by atoms with Gasteiger partial charge in [-0.3, -0.25) is 4.79 Å². The highest BCUT2D eigenvalue weighted by atomic mass is 16.3. The molecule has 154 valence electrons. The fraction of sp³-hybridized carbons (Fsp3) is 0.160. The summed E-state index contributed by atoms with van der Waals surface area (Å²) in [4.78, 5) is 12.9. The number of benzene rings is 2. The SMILES string of the molecule is CC(C)=C/C=C/C(C)=C/Cc1cc(-c2coc3cc(O)cc(O)c3c2=O)ccc1O. The van der Waals surface area contributed by atoms with E-state index in [1.54, 1.807) is 12.1 Å². The smallest absolute Gasteiger partial charge is 0.204 e. The molecule has 0 atom stereocenters. The van der Waals surface area contributed by atoms with Gasteiger partial charge in [-0.25, -0.2) is 0 Å². The summed E-state index contributed by atoms with van der Waals surface area (Å²) in [5.41, 5.74) is 3.43. The molecule has 3 rings (SSSR count). The molecule has 0 saturated heterocycles. The van der Waals surface area contributed by atoms with Crippen molar-refractivity contribution in [1.29, 1.82) is 0 Å². The molecule has 3 aromatic rings. The summed E-state index contributed by atoms with van der Waals surface area (Å²) in [6, 6.07) is 7.27. The Morgan fingerprint density at radius 3 is 2.53 bits per heavy atom. The van der Waals surface area contributed by atoms with Crippen molar-refractivity contribution >= 4 is 11.0 Å². The van der Waals surface area contributed by atoms with Crippen LogP contribution in [-0.4, -0.2) is 15.3 Å². The van der Waals surface area contributed by atoms with Crippen LogP contribution in [0.2, 0.25) is 0 Å². The first-order chi connectivity index (χ1) is 14.3. The topological polar surface area (TPSA) is 90.9 Å². The number of hydrogen-bond donors (Lipinski definition) is 3. The molecule has 0 spiro atoms. The van der Waals surface area contributed by atoms with Crippen molar-refractivity contribution in [3.63, 3.8) is 0 Å². The number of hydrogen-bond acceptors (Lipinski definition) is 5. The van der Waals surface area contributed by atoms with Gasteiger partial charge in [0.15, 0.2) is 0 Å². The van der Waals surface area contributed by atoms with Gasteiger partial charge in [0.1, 0.15) is 34.5 Å². The second-order valence-electron chi connectivity index (χ2n) is 7.42. The number of fused-ring (bicyclic) bond motifs is 1. The Morgan fingerprint density at radius 1 is 1.03 bits per heavy atom. The second-order valence-corrected chi connectivity index (χ2v) is 7.42.